The van der Waals surface area contributed by atoms with Crippen LogP contribution in [0.2, 0.25) is 0 Å². The summed E-state index contributed by atoms with van der Waals surface area (Å²) in [5.41, 5.74) is 2.76. The molecule has 0 radical (unpaired) electrons. The first-order valence-electron chi connectivity index (χ1n) is 16.8. The van der Waals surface area contributed by atoms with Crippen molar-refractivity contribution >= 4 is 45.0 Å². The van der Waals surface area contributed by atoms with E-state index in [0.29, 0.717) is 18.0 Å². The number of fused-ring (bicyclic) bond motifs is 3. The highest BCUT2D eigenvalue weighted by molar-refractivity contribution is 7.20. The maximum Gasteiger partial charge on any atom is 0.332 e. The van der Waals surface area contributed by atoms with Crippen molar-refractivity contribution in [2.75, 3.05) is 19.0 Å². The molecule has 0 spiro atoms. The number of methoxy groups -OCH3 is 1. The topological polar surface area (TPSA) is 110 Å². The summed E-state index contributed by atoms with van der Waals surface area (Å²) in [7, 11) is 1.34. The largest absolute Gasteiger partial charge is 0.467 e. The molecule has 4 aromatic rings. The Labute approximate surface area is 284 Å². The molecule has 9 nitrogen and oxygen atoms in total. The van der Waals surface area contributed by atoms with Crippen molar-refractivity contribution in [3.05, 3.63) is 91.0 Å². The van der Waals surface area contributed by atoms with Crippen molar-refractivity contribution in [3.63, 3.8) is 0 Å². The van der Waals surface area contributed by atoms with Gasteiger partial charge in [-0.3, -0.25) is 9.59 Å². The Bertz CT molecular complexity index is 1780. The fraction of sp³-hybridized carbons (Fsp3) is 0.368. The summed E-state index contributed by atoms with van der Waals surface area (Å²) >= 11 is 1.44. The quantitative estimate of drug-likeness (QED) is 0.182. The molecular weight excluding hydrogens is 625 g/mol. The maximum atomic E-state index is 14.5. The van der Waals surface area contributed by atoms with Crippen LogP contribution in [0.25, 0.3) is 21.3 Å². The van der Waals surface area contributed by atoms with E-state index in [-0.39, 0.29) is 30.7 Å². The number of carbonyl (C=O) groups excluding carboxylic acids is 3. The summed E-state index contributed by atoms with van der Waals surface area (Å²) in [4.78, 5) is 47.9. The minimum absolute atomic E-state index is 0.146. The molecule has 1 aromatic heterocycles. The molecule has 3 aliphatic rings. The smallest absolute Gasteiger partial charge is 0.332 e. The van der Waals surface area contributed by atoms with E-state index in [9.17, 15) is 14.4 Å². The van der Waals surface area contributed by atoms with E-state index in [1.807, 2.05) is 72.8 Å². The van der Waals surface area contributed by atoms with Crippen molar-refractivity contribution < 1.29 is 23.9 Å². The predicted molar refractivity (Wildman–Crippen MR) is 187 cm³/mol. The normalized spacial score (nSPS) is 26.7. The number of anilines is 1. The SMILES string of the molecule is COC(=O)[C@@]12C[C@@H]1/C=C\CCCCC[C@H](Nc1ccc(-c3ccccc3)cc1)C(=O)N1C[C@H](Oc3nc4ccccc4s3)C[C@H]1C(=O)N2. The first kappa shape index (κ1) is 31.9. The van der Waals surface area contributed by atoms with Crippen LogP contribution >= 0.6 is 11.3 Å². The third-order valence-electron chi connectivity index (χ3n) is 9.66. The van der Waals surface area contributed by atoms with Crippen LogP contribution in [-0.2, 0) is 19.1 Å². The van der Waals surface area contributed by atoms with Crippen molar-refractivity contribution in [1.82, 2.24) is 15.2 Å². The third-order valence-corrected chi connectivity index (χ3v) is 10.6. The summed E-state index contributed by atoms with van der Waals surface area (Å²) in [5.74, 6) is -1.15. The number of nitrogens with zero attached hydrogens (tertiary/aromatic N) is 2. The number of carbonyl (C=O) groups is 3. The van der Waals surface area contributed by atoms with Crippen molar-refractivity contribution in [1.29, 1.82) is 0 Å². The Morgan fingerprint density at radius 3 is 2.54 bits per heavy atom. The predicted octanol–water partition coefficient (Wildman–Crippen LogP) is 6.36. The van der Waals surface area contributed by atoms with E-state index in [2.05, 4.69) is 33.8 Å². The molecule has 1 saturated carbocycles. The van der Waals surface area contributed by atoms with Gasteiger partial charge in [-0.15, -0.1) is 0 Å². The Morgan fingerprint density at radius 2 is 1.75 bits per heavy atom. The number of hydrogen-bond donors (Lipinski definition) is 2. The van der Waals surface area contributed by atoms with Gasteiger partial charge in [-0.1, -0.05) is 90.9 Å². The van der Waals surface area contributed by atoms with Gasteiger partial charge in [0.15, 0.2) is 0 Å². The van der Waals surface area contributed by atoms with E-state index in [1.54, 1.807) is 4.90 Å². The zero-order valence-corrected chi connectivity index (χ0v) is 27.8. The monoisotopic (exact) mass is 664 g/mol. The number of amides is 2. The minimum atomic E-state index is -1.12. The molecule has 7 rings (SSSR count). The number of allylic oxidation sites excluding steroid dienone is 1. The second-order valence-corrected chi connectivity index (χ2v) is 13.9. The molecular formula is C38H40N4O5S. The zero-order chi connectivity index (χ0) is 33.1. The van der Waals surface area contributed by atoms with Crippen molar-refractivity contribution in [3.8, 4) is 16.3 Å². The molecule has 2 amide bonds. The van der Waals surface area contributed by atoms with Gasteiger partial charge in [0, 0.05) is 18.0 Å². The lowest BCUT2D eigenvalue weighted by atomic mass is 10.0. The Kier molecular flexibility index (Phi) is 9.17. The lowest BCUT2D eigenvalue weighted by molar-refractivity contribution is -0.148. The Hall–Kier alpha value is -4.70. The minimum Gasteiger partial charge on any atom is -0.467 e. The number of ether oxygens (including phenoxy) is 2. The number of aromatic nitrogens is 1. The van der Waals surface area contributed by atoms with Gasteiger partial charge < -0.3 is 25.0 Å². The molecule has 5 atom stereocenters. The molecule has 48 heavy (non-hydrogen) atoms. The molecule has 3 aromatic carbocycles. The second-order valence-electron chi connectivity index (χ2n) is 12.9. The highest BCUT2D eigenvalue weighted by Gasteiger charge is 2.62. The Morgan fingerprint density at radius 1 is 0.979 bits per heavy atom. The first-order chi connectivity index (χ1) is 23.4. The molecule has 0 bridgehead atoms. The molecule has 0 unspecified atom stereocenters. The van der Waals surface area contributed by atoms with Gasteiger partial charge in [-0.05, 0) is 61.1 Å². The summed E-state index contributed by atoms with van der Waals surface area (Å²) in [5, 5.41) is 7.03. The molecule has 248 valence electrons. The number of esters is 1. The van der Waals surface area contributed by atoms with Crippen LogP contribution < -0.4 is 15.4 Å². The van der Waals surface area contributed by atoms with E-state index in [1.165, 1.54) is 18.4 Å². The average Bonchev–Trinajstić information content (AvgIpc) is 3.41. The van der Waals surface area contributed by atoms with Crippen LogP contribution in [-0.4, -0.2) is 65.0 Å². The van der Waals surface area contributed by atoms with Crippen LogP contribution in [0.5, 0.6) is 5.19 Å². The maximum absolute atomic E-state index is 14.5. The van der Waals surface area contributed by atoms with Gasteiger partial charge in [0.1, 0.15) is 23.7 Å². The second kappa shape index (κ2) is 13.8. The van der Waals surface area contributed by atoms with Gasteiger partial charge in [-0.2, -0.15) is 0 Å². The summed E-state index contributed by atoms with van der Waals surface area (Å²) in [6.07, 6.45) is 8.69. The van der Waals surface area contributed by atoms with Crippen LogP contribution in [0.4, 0.5) is 5.69 Å². The molecule has 1 saturated heterocycles. The number of hydrogen-bond acceptors (Lipinski definition) is 8. The fourth-order valence-corrected chi connectivity index (χ4v) is 7.83. The van der Waals surface area contributed by atoms with Gasteiger partial charge in [0.05, 0.1) is 23.9 Å². The van der Waals surface area contributed by atoms with Gasteiger partial charge in [0.2, 0.25) is 11.8 Å². The number of benzene rings is 3. The molecule has 1 aliphatic carbocycles. The molecule has 2 aliphatic heterocycles. The van der Waals surface area contributed by atoms with Gasteiger partial charge in [-0.25, -0.2) is 9.78 Å². The average molecular weight is 665 g/mol. The van der Waals surface area contributed by atoms with Crippen molar-refractivity contribution in [2.24, 2.45) is 5.92 Å². The lowest BCUT2D eigenvalue weighted by Gasteiger charge is -2.30. The van der Waals surface area contributed by atoms with E-state index in [0.717, 1.165) is 52.7 Å². The number of nitrogens with one attached hydrogen (secondary N) is 2. The number of thiazole rings is 1. The number of para-hydroxylation sites is 1. The van der Waals surface area contributed by atoms with E-state index in [4.69, 9.17) is 9.47 Å². The van der Waals surface area contributed by atoms with E-state index < -0.39 is 29.7 Å². The lowest BCUT2D eigenvalue weighted by Crippen LogP contribution is -2.55. The van der Waals surface area contributed by atoms with E-state index >= 15 is 0 Å². The van der Waals surface area contributed by atoms with Crippen LogP contribution in [0.1, 0.15) is 44.9 Å². The van der Waals surface area contributed by atoms with Crippen molar-refractivity contribution in [2.45, 2.75) is 68.7 Å². The standard InChI is InChI=1S/C38H40N4O5S/c1-46-36(45)38-23-27(38)14-8-3-2-4-9-16-31(39-28-20-18-26(19-21-28)25-12-6-5-7-13-25)35(44)42-24-29(22-32(42)34(43)41-38)47-37-40-30-15-10-11-17-33(30)48-37/h5-8,10-15,17-21,27,29,31-32,39H,2-4,9,16,22-24H2,1H3,(H,41,43)/b14-8-/t27-,29+,31-,32-,38+/m0/s1. The van der Waals surface area contributed by atoms with Gasteiger partial charge >= 0.3 is 5.97 Å². The molecule has 2 fully saturated rings. The Balaban J connectivity index is 1.16. The highest BCUT2D eigenvalue weighted by atomic mass is 32.1. The third kappa shape index (κ3) is 6.67. The number of rotatable bonds is 6. The first-order valence-corrected chi connectivity index (χ1v) is 17.6. The van der Waals surface area contributed by atoms with Crippen LogP contribution in [0, 0.1) is 5.92 Å². The summed E-state index contributed by atoms with van der Waals surface area (Å²) in [6.45, 7) is 0.229. The summed E-state index contributed by atoms with van der Waals surface area (Å²) in [6, 6.07) is 24.7. The molecule has 10 heteroatoms. The summed E-state index contributed by atoms with van der Waals surface area (Å²) < 4.78 is 12.5. The highest BCUT2D eigenvalue weighted by Crippen LogP contribution is 2.46. The molecule has 2 N–H and O–H groups in total. The van der Waals surface area contributed by atoms with Crippen LogP contribution in [0.15, 0.2) is 91.0 Å². The van der Waals surface area contributed by atoms with Gasteiger partial charge in [0.25, 0.3) is 5.19 Å². The zero-order valence-electron chi connectivity index (χ0n) is 27.0. The molecule has 3 heterocycles. The fourth-order valence-electron chi connectivity index (χ4n) is 6.95. The van der Waals surface area contributed by atoms with Crippen LogP contribution in [0.3, 0.4) is 0 Å².